The molecule has 0 aliphatic rings. The molecular formula is C14H11N3OS. The Morgan fingerprint density at radius 1 is 1.16 bits per heavy atom. The molecule has 0 saturated heterocycles. The molecule has 0 aliphatic carbocycles. The Labute approximate surface area is 114 Å². The van der Waals surface area contributed by atoms with Gasteiger partial charge >= 0.3 is 0 Å². The lowest BCUT2D eigenvalue weighted by atomic mass is 10.1. The van der Waals surface area contributed by atoms with Crippen LogP contribution in [0.3, 0.4) is 0 Å². The Bertz CT molecular complexity index is 710. The van der Waals surface area contributed by atoms with Gasteiger partial charge in [0.15, 0.2) is 10.8 Å². The fourth-order valence-electron chi connectivity index (χ4n) is 1.76. The molecule has 2 aromatic heterocycles. The van der Waals surface area contributed by atoms with Crippen LogP contribution in [0, 0.1) is 6.92 Å². The molecule has 0 aliphatic heterocycles. The molecule has 0 spiro atoms. The van der Waals surface area contributed by atoms with Gasteiger partial charge in [0, 0.05) is 23.3 Å². The first-order valence-corrected chi connectivity index (χ1v) is 6.65. The zero-order valence-electron chi connectivity index (χ0n) is 10.2. The van der Waals surface area contributed by atoms with Crippen molar-refractivity contribution in [1.82, 2.24) is 15.0 Å². The van der Waals surface area contributed by atoms with Crippen molar-refractivity contribution in [3.63, 3.8) is 0 Å². The standard InChI is InChI=1S/C14H11N3OS/c1-9-3-4-12(18)10(7-9)11-8-19-14(17-11)13-15-5-2-6-16-13/h2-8,18H,1H3. The van der Waals surface area contributed by atoms with Crippen LogP contribution in [0.1, 0.15) is 5.56 Å². The fraction of sp³-hybridized carbons (Fsp3) is 0.0714. The van der Waals surface area contributed by atoms with Crippen molar-refractivity contribution in [2.24, 2.45) is 0 Å². The maximum absolute atomic E-state index is 9.90. The Morgan fingerprint density at radius 3 is 2.74 bits per heavy atom. The van der Waals surface area contributed by atoms with E-state index >= 15 is 0 Å². The van der Waals surface area contributed by atoms with Crippen molar-refractivity contribution >= 4 is 11.3 Å². The molecule has 0 radical (unpaired) electrons. The number of aryl methyl sites for hydroxylation is 1. The van der Waals surface area contributed by atoms with Gasteiger partial charge in [-0.25, -0.2) is 15.0 Å². The zero-order valence-corrected chi connectivity index (χ0v) is 11.1. The lowest BCUT2D eigenvalue weighted by Crippen LogP contribution is -1.86. The van der Waals surface area contributed by atoms with E-state index in [9.17, 15) is 5.11 Å². The van der Waals surface area contributed by atoms with E-state index in [2.05, 4.69) is 15.0 Å². The largest absolute Gasteiger partial charge is 0.507 e. The lowest BCUT2D eigenvalue weighted by Gasteiger charge is -2.02. The van der Waals surface area contributed by atoms with E-state index in [4.69, 9.17) is 0 Å². The molecule has 94 valence electrons. The van der Waals surface area contributed by atoms with E-state index < -0.39 is 0 Å². The monoisotopic (exact) mass is 269 g/mol. The maximum atomic E-state index is 9.90. The molecular weight excluding hydrogens is 258 g/mol. The summed E-state index contributed by atoms with van der Waals surface area (Å²) in [6, 6.07) is 7.24. The third-order valence-corrected chi connectivity index (χ3v) is 3.53. The molecule has 0 saturated carbocycles. The fourth-order valence-corrected chi connectivity index (χ4v) is 2.53. The SMILES string of the molecule is Cc1ccc(O)c(-c2csc(-c3ncccn3)n2)c1. The van der Waals surface area contributed by atoms with Crippen molar-refractivity contribution in [2.45, 2.75) is 6.92 Å². The van der Waals surface area contributed by atoms with Crippen LogP contribution in [0.5, 0.6) is 5.75 Å². The van der Waals surface area contributed by atoms with Crippen LogP contribution in [-0.4, -0.2) is 20.1 Å². The Hall–Kier alpha value is -2.27. The van der Waals surface area contributed by atoms with Crippen LogP contribution in [0.15, 0.2) is 42.0 Å². The summed E-state index contributed by atoms with van der Waals surface area (Å²) < 4.78 is 0. The highest BCUT2D eigenvalue weighted by Crippen LogP contribution is 2.32. The quantitative estimate of drug-likeness (QED) is 0.775. The van der Waals surface area contributed by atoms with Crippen molar-refractivity contribution in [2.75, 3.05) is 0 Å². The lowest BCUT2D eigenvalue weighted by molar-refractivity contribution is 0.477. The van der Waals surface area contributed by atoms with E-state index in [-0.39, 0.29) is 5.75 Å². The minimum atomic E-state index is 0.233. The summed E-state index contributed by atoms with van der Waals surface area (Å²) in [7, 11) is 0. The highest BCUT2D eigenvalue weighted by Gasteiger charge is 2.11. The van der Waals surface area contributed by atoms with Crippen LogP contribution < -0.4 is 0 Å². The molecule has 3 aromatic rings. The van der Waals surface area contributed by atoms with E-state index in [0.29, 0.717) is 5.82 Å². The predicted molar refractivity (Wildman–Crippen MR) is 75.0 cm³/mol. The van der Waals surface area contributed by atoms with E-state index in [0.717, 1.165) is 21.8 Å². The number of hydrogen-bond donors (Lipinski definition) is 1. The van der Waals surface area contributed by atoms with Gasteiger partial charge < -0.3 is 5.11 Å². The van der Waals surface area contributed by atoms with Crippen LogP contribution >= 0.6 is 11.3 Å². The van der Waals surface area contributed by atoms with Crippen molar-refractivity contribution in [3.8, 4) is 27.8 Å². The molecule has 19 heavy (non-hydrogen) atoms. The van der Waals surface area contributed by atoms with Crippen LogP contribution in [0.4, 0.5) is 0 Å². The van der Waals surface area contributed by atoms with E-state index in [1.54, 1.807) is 24.5 Å². The molecule has 0 unspecified atom stereocenters. The second-order valence-electron chi connectivity index (χ2n) is 4.13. The van der Waals surface area contributed by atoms with Gasteiger partial charge in [-0.15, -0.1) is 11.3 Å². The molecule has 0 fully saturated rings. The third kappa shape index (κ3) is 2.32. The number of hydrogen-bond acceptors (Lipinski definition) is 5. The van der Waals surface area contributed by atoms with Gasteiger partial charge in [0.05, 0.1) is 5.69 Å². The molecule has 4 nitrogen and oxygen atoms in total. The Balaban J connectivity index is 2.04. The van der Waals surface area contributed by atoms with Gasteiger partial charge in [-0.05, 0) is 25.1 Å². The Kier molecular flexibility index (Phi) is 2.97. The first-order valence-electron chi connectivity index (χ1n) is 5.77. The average Bonchev–Trinajstić information content (AvgIpc) is 2.92. The highest BCUT2D eigenvalue weighted by molar-refractivity contribution is 7.13. The molecule has 0 bridgehead atoms. The van der Waals surface area contributed by atoms with Crippen molar-refractivity contribution < 1.29 is 5.11 Å². The summed E-state index contributed by atoms with van der Waals surface area (Å²) in [5, 5.41) is 12.6. The molecule has 2 heterocycles. The first kappa shape index (κ1) is 11.8. The van der Waals surface area contributed by atoms with Gasteiger partial charge in [-0.1, -0.05) is 11.6 Å². The van der Waals surface area contributed by atoms with Gasteiger partial charge in [0.2, 0.25) is 0 Å². The Morgan fingerprint density at radius 2 is 1.95 bits per heavy atom. The van der Waals surface area contributed by atoms with E-state index in [1.165, 1.54) is 11.3 Å². The number of nitrogens with zero attached hydrogens (tertiary/aromatic N) is 3. The topological polar surface area (TPSA) is 58.9 Å². The number of aromatic nitrogens is 3. The number of phenolic OH excluding ortho intramolecular Hbond substituents is 1. The molecule has 5 heteroatoms. The van der Waals surface area contributed by atoms with Gasteiger partial charge in [-0.2, -0.15) is 0 Å². The first-order chi connectivity index (χ1) is 9.24. The molecule has 0 atom stereocenters. The summed E-state index contributed by atoms with van der Waals surface area (Å²) in [5.41, 5.74) is 2.56. The van der Waals surface area contributed by atoms with Crippen molar-refractivity contribution in [1.29, 1.82) is 0 Å². The van der Waals surface area contributed by atoms with Gasteiger partial charge in [0.25, 0.3) is 0 Å². The number of rotatable bonds is 2. The molecule has 1 N–H and O–H groups in total. The van der Waals surface area contributed by atoms with Crippen LogP contribution in [0.25, 0.3) is 22.1 Å². The van der Waals surface area contributed by atoms with E-state index in [1.807, 2.05) is 24.4 Å². The normalized spacial score (nSPS) is 10.6. The third-order valence-electron chi connectivity index (χ3n) is 2.69. The van der Waals surface area contributed by atoms with Crippen molar-refractivity contribution in [3.05, 3.63) is 47.6 Å². The molecule has 3 rings (SSSR count). The minimum Gasteiger partial charge on any atom is -0.507 e. The number of thiazole rings is 1. The summed E-state index contributed by atoms with van der Waals surface area (Å²) >= 11 is 1.46. The minimum absolute atomic E-state index is 0.233. The molecule has 1 aromatic carbocycles. The smallest absolute Gasteiger partial charge is 0.188 e. The number of phenols is 1. The number of aromatic hydroxyl groups is 1. The molecule has 0 amide bonds. The van der Waals surface area contributed by atoms with Crippen LogP contribution in [-0.2, 0) is 0 Å². The van der Waals surface area contributed by atoms with Crippen LogP contribution in [0.2, 0.25) is 0 Å². The summed E-state index contributed by atoms with van der Waals surface area (Å²) in [5.74, 6) is 0.835. The summed E-state index contributed by atoms with van der Waals surface area (Å²) in [6.07, 6.45) is 3.38. The summed E-state index contributed by atoms with van der Waals surface area (Å²) in [4.78, 5) is 12.8. The zero-order chi connectivity index (χ0) is 13.2. The summed E-state index contributed by atoms with van der Waals surface area (Å²) in [6.45, 7) is 1.98. The highest BCUT2D eigenvalue weighted by atomic mass is 32.1. The van der Waals surface area contributed by atoms with Gasteiger partial charge in [-0.3, -0.25) is 0 Å². The average molecular weight is 269 g/mol. The maximum Gasteiger partial charge on any atom is 0.188 e. The second-order valence-corrected chi connectivity index (χ2v) is 4.99. The predicted octanol–water partition coefficient (Wildman–Crippen LogP) is 3.28. The number of benzene rings is 1. The van der Waals surface area contributed by atoms with Gasteiger partial charge in [0.1, 0.15) is 5.75 Å². The second kappa shape index (κ2) is 4.78.